The third-order valence-electron chi connectivity index (χ3n) is 3.72. The Morgan fingerprint density at radius 3 is 2.83 bits per heavy atom. The summed E-state index contributed by atoms with van der Waals surface area (Å²) >= 11 is 8.38. The Hall–Kier alpha value is -2.24. The van der Waals surface area contributed by atoms with Gasteiger partial charge in [-0.2, -0.15) is 0 Å². The second kappa shape index (κ2) is 9.99. The lowest BCUT2D eigenvalue weighted by atomic mass is 10.3. The lowest BCUT2D eigenvalue weighted by Gasteiger charge is -2.09. The normalized spacial score (nSPS) is 10.9. The van der Waals surface area contributed by atoms with Crippen LogP contribution in [0.5, 0.6) is 5.75 Å². The molecule has 12 heteroatoms. The lowest BCUT2D eigenvalue weighted by molar-refractivity contribution is -0.113. The second-order valence-electron chi connectivity index (χ2n) is 5.70. The molecule has 3 rings (SSSR count). The van der Waals surface area contributed by atoms with E-state index in [9.17, 15) is 9.18 Å². The van der Waals surface area contributed by atoms with Crippen molar-refractivity contribution < 1.29 is 13.9 Å². The van der Waals surface area contributed by atoms with Crippen LogP contribution in [0.25, 0.3) is 0 Å². The predicted octanol–water partition coefficient (Wildman–Crippen LogP) is 3.81. The Bertz CT molecular complexity index is 996. The van der Waals surface area contributed by atoms with E-state index in [0.717, 1.165) is 11.4 Å². The SMILES string of the molecule is CCc1nnc(NC(=O)CSc2nnc(COc3ccc(F)c(Cl)c3)n2CC)s1. The number of benzene rings is 1. The van der Waals surface area contributed by atoms with Crippen molar-refractivity contribution in [3.63, 3.8) is 0 Å². The smallest absolute Gasteiger partial charge is 0.236 e. The van der Waals surface area contributed by atoms with Gasteiger partial charge in [-0.25, -0.2) is 4.39 Å². The number of halogens is 2. The van der Waals surface area contributed by atoms with Crippen LogP contribution in [0.4, 0.5) is 9.52 Å². The van der Waals surface area contributed by atoms with Crippen LogP contribution < -0.4 is 10.1 Å². The molecule has 154 valence electrons. The first-order valence-corrected chi connectivity index (χ1v) is 10.9. The minimum atomic E-state index is -0.507. The van der Waals surface area contributed by atoms with E-state index in [2.05, 4.69) is 25.7 Å². The number of thioether (sulfide) groups is 1. The highest BCUT2D eigenvalue weighted by atomic mass is 35.5. The molecule has 0 saturated heterocycles. The van der Waals surface area contributed by atoms with Gasteiger partial charge >= 0.3 is 0 Å². The topological polar surface area (TPSA) is 94.8 Å². The molecule has 3 aromatic rings. The zero-order chi connectivity index (χ0) is 20.8. The van der Waals surface area contributed by atoms with Crippen LogP contribution in [0.3, 0.4) is 0 Å². The predicted molar refractivity (Wildman–Crippen MR) is 110 cm³/mol. The number of hydrogen-bond acceptors (Lipinski definition) is 8. The van der Waals surface area contributed by atoms with Crippen molar-refractivity contribution in [3.8, 4) is 5.75 Å². The zero-order valence-electron chi connectivity index (χ0n) is 15.7. The number of ether oxygens (including phenoxy) is 1. The molecule has 1 N–H and O–H groups in total. The maximum absolute atomic E-state index is 13.2. The number of amides is 1. The van der Waals surface area contributed by atoms with Crippen molar-refractivity contribution in [1.29, 1.82) is 0 Å². The van der Waals surface area contributed by atoms with Gasteiger partial charge in [-0.15, -0.1) is 20.4 Å². The van der Waals surface area contributed by atoms with Crippen LogP contribution in [0.1, 0.15) is 24.7 Å². The quantitative estimate of drug-likeness (QED) is 0.489. The molecule has 0 aliphatic carbocycles. The molecule has 0 bridgehead atoms. The first kappa shape index (κ1) is 21.5. The van der Waals surface area contributed by atoms with Gasteiger partial charge in [0.2, 0.25) is 11.0 Å². The fourth-order valence-corrected chi connectivity index (χ4v) is 3.98. The molecule has 0 unspecified atom stereocenters. The number of nitrogens with one attached hydrogen (secondary N) is 1. The summed E-state index contributed by atoms with van der Waals surface area (Å²) in [6, 6.07) is 4.13. The van der Waals surface area contributed by atoms with Crippen LogP contribution in [0.15, 0.2) is 23.4 Å². The van der Waals surface area contributed by atoms with Crippen LogP contribution in [-0.4, -0.2) is 36.6 Å². The van der Waals surface area contributed by atoms with E-state index in [0.29, 0.717) is 28.4 Å². The Labute approximate surface area is 179 Å². The molecule has 8 nitrogen and oxygen atoms in total. The van der Waals surface area contributed by atoms with Gasteiger partial charge in [0.1, 0.15) is 23.2 Å². The molecule has 0 radical (unpaired) electrons. The third-order valence-corrected chi connectivity index (χ3v) is 5.96. The standard InChI is InChI=1S/C17H18ClFN6O2S2/c1-3-15-22-23-16(29-15)20-14(26)9-28-17-24-21-13(25(17)4-2)8-27-10-5-6-12(19)11(18)7-10/h5-7H,3-4,8-9H2,1-2H3,(H,20,23,26). The van der Waals surface area contributed by atoms with E-state index < -0.39 is 5.82 Å². The first-order valence-electron chi connectivity index (χ1n) is 8.75. The average Bonchev–Trinajstić information content (AvgIpc) is 3.33. The van der Waals surface area contributed by atoms with E-state index in [4.69, 9.17) is 16.3 Å². The minimum absolute atomic E-state index is 0.0109. The van der Waals surface area contributed by atoms with Gasteiger partial charge in [0.15, 0.2) is 11.0 Å². The molecule has 0 spiro atoms. The van der Waals surface area contributed by atoms with Gasteiger partial charge in [-0.1, -0.05) is 41.6 Å². The average molecular weight is 457 g/mol. The molecule has 1 aromatic carbocycles. The highest BCUT2D eigenvalue weighted by molar-refractivity contribution is 7.99. The van der Waals surface area contributed by atoms with Crippen LogP contribution >= 0.6 is 34.7 Å². The van der Waals surface area contributed by atoms with Crippen molar-refractivity contribution in [1.82, 2.24) is 25.0 Å². The van der Waals surface area contributed by atoms with Gasteiger partial charge in [0.05, 0.1) is 10.8 Å². The molecule has 2 heterocycles. The molecule has 0 aliphatic rings. The van der Waals surface area contributed by atoms with Gasteiger partial charge in [0.25, 0.3) is 0 Å². The summed E-state index contributed by atoms with van der Waals surface area (Å²) in [4.78, 5) is 12.1. The molecular weight excluding hydrogens is 439 g/mol. The maximum atomic E-state index is 13.2. The summed E-state index contributed by atoms with van der Waals surface area (Å²) in [6.45, 7) is 4.67. The highest BCUT2D eigenvalue weighted by Crippen LogP contribution is 2.23. The van der Waals surface area contributed by atoms with Crippen molar-refractivity contribution in [2.45, 2.75) is 38.6 Å². The Morgan fingerprint density at radius 2 is 2.14 bits per heavy atom. The minimum Gasteiger partial charge on any atom is -0.486 e. The Kier molecular flexibility index (Phi) is 7.40. The van der Waals surface area contributed by atoms with E-state index in [1.54, 1.807) is 0 Å². The van der Waals surface area contributed by atoms with E-state index in [1.807, 2.05) is 18.4 Å². The van der Waals surface area contributed by atoms with Gasteiger partial charge < -0.3 is 9.30 Å². The number of hydrogen-bond donors (Lipinski definition) is 1. The van der Waals surface area contributed by atoms with E-state index in [1.165, 1.54) is 41.3 Å². The molecule has 0 fully saturated rings. The third kappa shape index (κ3) is 5.64. The largest absolute Gasteiger partial charge is 0.486 e. The molecule has 2 aromatic heterocycles. The molecule has 0 saturated carbocycles. The highest BCUT2D eigenvalue weighted by Gasteiger charge is 2.15. The molecular formula is C17H18ClFN6O2S2. The van der Waals surface area contributed by atoms with E-state index >= 15 is 0 Å². The molecule has 0 aliphatic heterocycles. The monoisotopic (exact) mass is 456 g/mol. The maximum Gasteiger partial charge on any atom is 0.236 e. The Morgan fingerprint density at radius 1 is 1.31 bits per heavy atom. The number of carbonyl (C=O) groups excluding carboxylic acids is 1. The lowest BCUT2D eigenvalue weighted by Crippen LogP contribution is -2.14. The summed E-state index contributed by atoms with van der Waals surface area (Å²) in [5.74, 6) is 0.477. The summed E-state index contributed by atoms with van der Waals surface area (Å²) in [6.07, 6.45) is 0.775. The number of rotatable bonds is 9. The molecule has 0 atom stereocenters. The summed E-state index contributed by atoms with van der Waals surface area (Å²) in [5, 5.41) is 20.8. The fourth-order valence-electron chi connectivity index (χ4n) is 2.30. The number of aryl methyl sites for hydroxylation is 1. The number of anilines is 1. The van der Waals surface area contributed by atoms with Crippen molar-refractivity contribution in [3.05, 3.63) is 39.9 Å². The fraction of sp³-hybridized carbons (Fsp3) is 0.353. The number of nitrogens with zero attached hydrogens (tertiary/aromatic N) is 5. The number of aromatic nitrogens is 5. The first-order chi connectivity index (χ1) is 14.0. The van der Waals surface area contributed by atoms with Crippen molar-refractivity contribution in [2.24, 2.45) is 0 Å². The second-order valence-corrected chi connectivity index (χ2v) is 8.11. The number of carbonyl (C=O) groups is 1. The van der Waals surface area contributed by atoms with Gasteiger partial charge in [0, 0.05) is 12.6 Å². The summed E-state index contributed by atoms with van der Waals surface area (Å²) in [7, 11) is 0. The summed E-state index contributed by atoms with van der Waals surface area (Å²) in [5.41, 5.74) is 0. The van der Waals surface area contributed by atoms with Crippen LogP contribution in [0, 0.1) is 5.82 Å². The van der Waals surface area contributed by atoms with Crippen molar-refractivity contribution in [2.75, 3.05) is 11.1 Å². The zero-order valence-corrected chi connectivity index (χ0v) is 18.1. The molecule has 1 amide bonds. The van der Waals surface area contributed by atoms with Crippen molar-refractivity contribution >= 4 is 45.7 Å². The van der Waals surface area contributed by atoms with Crippen LogP contribution in [0.2, 0.25) is 5.02 Å². The summed E-state index contributed by atoms with van der Waals surface area (Å²) < 4.78 is 20.7. The van der Waals surface area contributed by atoms with Crippen LogP contribution in [-0.2, 0) is 24.4 Å². The Balaban J connectivity index is 1.56. The van der Waals surface area contributed by atoms with E-state index in [-0.39, 0.29) is 23.3 Å². The van der Waals surface area contributed by atoms with Gasteiger partial charge in [-0.05, 0) is 25.5 Å². The molecule has 29 heavy (non-hydrogen) atoms. The van der Waals surface area contributed by atoms with Gasteiger partial charge in [-0.3, -0.25) is 10.1 Å².